The van der Waals surface area contributed by atoms with Gasteiger partial charge in [-0.05, 0) is 24.3 Å². The zero-order valence-electron chi connectivity index (χ0n) is 8.95. The zero-order chi connectivity index (χ0) is 13.3. The van der Waals surface area contributed by atoms with E-state index in [2.05, 4.69) is 0 Å². The second kappa shape index (κ2) is 4.96. The van der Waals surface area contributed by atoms with Crippen LogP contribution in [0.25, 0.3) is 11.1 Å². The Morgan fingerprint density at radius 1 is 1.06 bits per heavy atom. The molecule has 2 nitrogen and oxygen atoms in total. The number of aromatic carboxylic acids is 1. The van der Waals surface area contributed by atoms with Crippen LogP contribution >= 0.6 is 23.2 Å². The first-order chi connectivity index (χ1) is 8.49. The minimum Gasteiger partial charge on any atom is -0.478 e. The Labute approximate surface area is 113 Å². The summed E-state index contributed by atoms with van der Waals surface area (Å²) in [5.74, 6) is -1.82. The minimum atomic E-state index is -1.18. The second-order valence-corrected chi connectivity index (χ2v) is 4.47. The Bertz CT molecular complexity index is 626. The standard InChI is InChI=1S/C13H7Cl2FO2/c14-8-2-4-9(11(15)6-8)10-3-1-7(13(17)18)5-12(10)16/h1-6H,(H,17,18). The molecule has 0 aliphatic heterocycles. The maximum atomic E-state index is 13.8. The van der Waals surface area contributed by atoms with Crippen molar-refractivity contribution >= 4 is 29.2 Å². The van der Waals surface area contributed by atoms with Crippen LogP contribution in [0.4, 0.5) is 4.39 Å². The first-order valence-corrected chi connectivity index (χ1v) is 5.73. The van der Waals surface area contributed by atoms with Crippen molar-refractivity contribution in [3.8, 4) is 11.1 Å². The highest BCUT2D eigenvalue weighted by Gasteiger charge is 2.12. The zero-order valence-corrected chi connectivity index (χ0v) is 10.5. The molecule has 2 aromatic carbocycles. The SMILES string of the molecule is O=C(O)c1ccc(-c2ccc(Cl)cc2Cl)c(F)c1. The van der Waals surface area contributed by atoms with E-state index in [0.717, 1.165) is 6.07 Å². The number of hydrogen-bond acceptors (Lipinski definition) is 1. The van der Waals surface area contributed by atoms with Gasteiger partial charge < -0.3 is 5.11 Å². The highest BCUT2D eigenvalue weighted by atomic mass is 35.5. The van der Waals surface area contributed by atoms with E-state index in [4.69, 9.17) is 28.3 Å². The summed E-state index contributed by atoms with van der Waals surface area (Å²) in [6.07, 6.45) is 0. The van der Waals surface area contributed by atoms with Gasteiger partial charge in [0.1, 0.15) is 5.82 Å². The molecule has 2 rings (SSSR count). The third-order valence-electron chi connectivity index (χ3n) is 2.44. The highest BCUT2D eigenvalue weighted by molar-refractivity contribution is 6.36. The Balaban J connectivity index is 2.54. The van der Waals surface area contributed by atoms with Gasteiger partial charge in [-0.25, -0.2) is 9.18 Å². The Morgan fingerprint density at radius 2 is 1.72 bits per heavy atom. The summed E-state index contributed by atoms with van der Waals surface area (Å²) in [5.41, 5.74) is 0.596. The molecule has 0 fully saturated rings. The van der Waals surface area contributed by atoms with Gasteiger partial charge in [-0.2, -0.15) is 0 Å². The third kappa shape index (κ3) is 2.47. The van der Waals surface area contributed by atoms with Crippen LogP contribution in [0.2, 0.25) is 10.0 Å². The number of hydrogen-bond donors (Lipinski definition) is 1. The summed E-state index contributed by atoms with van der Waals surface area (Å²) in [6, 6.07) is 8.35. The maximum absolute atomic E-state index is 13.8. The van der Waals surface area contributed by atoms with Gasteiger partial charge in [-0.1, -0.05) is 35.3 Å². The quantitative estimate of drug-likeness (QED) is 0.882. The van der Waals surface area contributed by atoms with Crippen molar-refractivity contribution in [2.24, 2.45) is 0 Å². The summed E-state index contributed by atoms with van der Waals surface area (Å²) in [4.78, 5) is 10.7. The van der Waals surface area contributed by atoms with Crippen molar-refractivity contribution in [3.05, 3.63) is 57.8 Å². The van der Waals surface area contributed by atoms with Crippen molar-refractivity contribution in [2.45, 2.75) is 0 Å². The van der Waals surface area contributed by atoms with Gasteiger partial charge >= 0.3 is 5.97 Å². The molecule has 5 heteroatoms. The van der Waals surface area contributed by atoms with Crippen molar-refractivity contribution in [3.63, 3.8) is 0 Å². The molecule has 18 heavy (non-hydrogen) atoms. The predicted molar refractivity (Wildman–Crippen MR) is 68.8 cm³/mol. The molecule has 92 valence electrons. The molecule has 1 N–H and O–H groups in total. The van der Waals surface area contributed by atoms with Crippen molar-refractivity contribution in [1.82, 2.24) is 0 Å². The molecule has 0 amide bonds. The van der Waals surface area contributed by atoms with Gasteiger partial charge in [-0.15, -0.1) is 0 Å². The van der Waals surface area contributed by atoms with Gasteiger partial charge in [0.05, 0.1) is 5.56 Å². The minimum absolute atomic E-state index is 0.110. The summed E-state index contributed by atoms with van der Waals surface area (Å²) in [7, 11) is 0. The van der Waals surface area contributed by atoms with Gasteiger partial charge in [0.25, 0.3) is 0 Å². The fourth-order valence-electron chi connectivity index (χ4n) is 1.57. The van der Waals surface area contributed by atoms with Gasteiger partial charge in [0, 0.05) is 21.2 Å². The van der Waals surface area contributed by atoms with Gasteiger partial charge in [0.15, 0.2) is 0 Å². The lowest BCUT2D eigenvalue weighted by Crippen LogP contribution is -1.97. The van der Waals surface area contributed by atoms with Crippen LogP contribution in [-0.4, -0.2) is 11.1 Å². The molecular weight excluding hydrogens is 278 g/mol. The summed E-state index contributed by atoms with van der Waals surface area (Å²) in [6.45, 7) is 0. The molecule has 0 atom stereocenters. The lowest BCUT2D eigenvalue weighted by atomic mass is 10.0. The fraction of sp³-hybridized carbons (Fsp3) is 0. The van der Waals surface area contributed by atoms with E-state index in [1.54, 1.807) is 12.1 Å². The lowest BCUT2D eigenvalue weighted by Gasteiger charge is -2.07. The number of halogens is 3. The van der Waals surface area contributed by atoms with Crippen LogP contribution in [0.15, 0.2) is 36.4 Å². The van der Waals surface area contributed by atoms with Crippen LogP contribution in [-0.2, 0) is 0 Å². The number of carbonyl (C=O) groups is 1. The van der Waals surface area contributed by atoms with E-state index in [1.807, 2.05) is 0 Å². The molecular formula is C13H7Cl2FO2. The van der Waals surface area contributed by atoms with Crippen LogP contribution < -0.4 is 0 Å². The average Bonchev–Trinajstić information content (AvgIpc) is 2.30. The second-order valence-electron chi connectivity index (χ2n) is 3.62. The lowest BCUT2D eigenvalue weighted by molar-refractivity contribution is 0.0696. The van der Waals surface area contributed by atoms with Crippen LogP contribution in [0, 0.1) is 5.82 Å². The normalized spacial score (nSPS) is 10.4. The molecule has 0 bridgehead atoms. The molecule has 0 saturated heterocycles. The first kappa shape index (κ1) is 12.9. The molecule has 0 aliphatic carbocycles. The van der Waals surface area contributed by atoms with Crippen molar-refractivity contribution in [1.29, 1.82) is 0 Å². The molecule has 0 spiro atoms. The monoisotopic (exact) mass is 284 g/mol. The topological polar surface area (TPSA) is 37.3 Å². The molecule has 0 heterocycles. The van der Waals surface area contributed by atoms with Crippen LogP contribution in [0.1, 0.15) is 10.4 Å². The molecule has 0 saturated carbocycles. The smallest absolute Gasteiger partial charge is 0.335 e. The van der Waals surface area contributed by atoms with E-state index in [-0.39, 0.29) is 11.1 Å². The number of carboxylic acid groups (broad SMARTS) is 1. The van der Waals surface area contributed by atoms with E-state index in [9.17, 15) is 9.18 Å². The van der Waals surface area contributed by atoms with Gasteiger partial charge in [-0.3, -0.25) is 0 Å². The Kier molecular flexibility index (Phi) is 3.55. The molecule has 0 aliphatic rings. The fourth-order valence-corrected chi connectivity index (χ4v) is 2.08. The summed E-state index contributed by atoms with van der Waals surface area (Å²) >= 11 is 11.7. The number of benzene rings is 2. The maximum Gasteiger partial charge on any atom is 0.335 e. The molecule has 2 aromatic rings. The summed E-state index contributed by atoms with van der Waals surface area (Å²) in [5, 5.41) is 9.51. The van der Waals surface area contributed by atoms with Crippen molar-refractivity contribution < 1.29 is 14.3 Å². The van der Waals surface area contributed by atoms with Gasteiger partial charge in [0.2, 0.25) is 0 Å². The van der Waals surface area contributed by atoms with Crippen molar-refractivity contribution in [2.75, 3.05) is 0 Å². The summed E-state index contributed by atoms with van der Waals surface area (Å²) < 4.78 is 13.8. The average molecular weight is 285 g/mol. The first-order valence-electron chi connectivity index (χ1n) is 4.97. The Morgan fingerprint density at radius 3 is 2.28 bits per heavy atom. The predicted octanol–water partition coefficient (Wildman–Crippen LogP) is 4.50. The molecule has 0 unspecified atom stereocenters. The Hall–Kier alpha value is -1.58. The van der Waals surface area contributed by atoms with E-state index in [1.165, 1.54) is 18.2 Å². The van der Waals surface area contributed by atoms with E-state index >= 15 is 0 Å². The highest BCUT2D eigenvalue weighted by Crippen LogP contribution is 2.32. The third-order valence-corrected chi connectivity index (χ3v) is 2.99. The largest absolute Gasteiger partial charge is 0.478 e. The number of rotatable bonds is 2. The number of carboxylic acids is 1. The molecule has 0 aromatic heterocycles. The van der Waals surface area contributed by atoms with E-state index in [0.29, 0.717) is 15.6 Å². The van der Waals surface area contributed by atoms with E-state index < -0.39 is 11.8 Å². The van der Waals surface area contributed by atoms with Crippen LogP contribution in [0.3, 0.4) is 0 Å². The molecule has 0 radical (unpaired) electrons. The van der Waals surface area contributed by atoms with Crippen LogP contribution in [0.5, 0.6) is 0 Å².